The lowest BCUT2D eigenvalue weighted by Crippen LogP contribution is -2.30. The lowest BCUT2D eigenvalue weighted by atomic mass is 10.1. The number of methoxy groups -OCH3 is 1. The summed E-state index contributed by atoms with van der Waals surface area (Å²) in [6.45, 7) is 1.85. The minimum absolute atomic E-state index is 0.314. The van der Waals surface area contributed by atoms with Crippen LogP contribution in [0.15, 0.2) is 60.8 Å². The highest BCUT2D eigenvalue weighted by molar-refractivity contribution is 6.07. The highest BCUT2D eigenvalue weighted by atomic mass is 16.5. The number of carbonyl (C=O) groups is 1. The Bertz CT molecular complexity index is 1230. The van der Waals surface area contributed by atoms with Crippen LogP contribution in [0.5, 0.6) is 5.75 Å². The maximum atomic E-state index is 13.3. The van der Waals surface area contributed by atoms with E-state index in [2.05, 4.69) is 25.4 Å². The quantitative estimate of drug-likeness (QED) is 0.469. The van der Waals surface area contributed by atoms with Gasteiger partial charge in [-0.3, -0.25) is 10.1 Å². The average molecular weight is 444 g/mol. The molecule has 0 unspecified atom stereocenters. The minimum Gasteiger partial charge on any atom is -0.497 e. The summed E-state index contributed by atoms with van der Waals surface area (Å²) in [5.74, 6) is 1.34. The molecule has 4 aromatic rings. The smallest absolute Gasteiger partial charge is 0.261 e. The number of aromatic nitrogens is 5. The Morgan fingerprint density at radius 3 is 2.52 bits per heavy atom. The van der Waals surface area contributed by atoms with Crippen LogP contribution < -0.4 is 15.0 Å². The molecule has 9 heteroatoms. The fourth-order valence-electron chi connectivity index (χ4n) is 3.93. The summed E-state index contributed by atoms with van der Waals surface area (Å²) in [6.07, 6.45) is 5.20. The van der Waals surface area contributed by atoms with Gasteiger partial charge in [-0.1, -0.05) is 18.2 Å². The second kappa shape index (κ2) is 9.15. The maximum absolute atomic E-state index is 13.3. The molecule has 9 nitrogen and oxygen atoms in total. The molecule has 0 bridgehead atoms. The molecule has 2 aromatic heterocycles. The van der Waals surface area contributed by atoms with Crippen LogP contribution in [0, 0.1) is 0 Å². The topological polar surface area (TPSA) is 101 Å². The molecule has 1 fully saturated rings. The van der Waals surface area contributed by atoms with E-state index in [4.69, 9.17) is 9.84 Å². The van der Waals surface area contributed by atoms with Gasteiger partial charge in [0.15, 0.2) is 0 Å². The number of nitrogens with one attached hydrogen (secondary N) is 2. The molecule has 168 valence electrons. The zero-order valence-corrected chi connectivity index (χ0v) is 18.4. The summed E-state index contributed by atoms with van der Waals surface area (Å²) in [7, 11) is 1.62. The molecule has 1 aliphatic heterocycles. The van der Waals surface area contributed by atoms with Crippen LogP contribution in [-0.2, 0) is 0 Å². The number of rotatable bonds is 6. The number of aromatic amines is 1. The second-order valence-corrected chi connectivity index (χ2v) is 7.89. The summed E-state index contributed by atoms with van der Waals surface area (Å²) < 4.78 is 6.96. The Balaban J connectivity index is 1.44. The Morgan fingerprint density at radius 1 is 1.03 bits per heavy atom. The SMILES string of the molecule is COc1ccc(-c2nn(-c3ccccc3)cc2C(=O)Nc2nc(N3CCCCC3)n[nH]2)cc1. The molecule has 0 radical (unpaired) electrons. The van der Waals surface area contributed by atoms with E-state index in [0.717, 1.165) is 42.9 Å². The van der Waals surface area contributed by atoms with Crippen LogP contribution in [0.4, 0.5) is 11.9 Å². The van der Waals surface area contributed by atoms with Gasteiger partial charge in [0.05, 0.1) is 18.4 Å². The number of carbonyl (C=O) groups excluding carboxylic acids is 1. The highest BCUT2D eigenvalue weighted by Gasteiger charge is 2.21. The van der Waals surface area contributed by atoms with Crippen molar-refractivity contribution in [3.63, 3.8) is 0 Å². The largest absolute Gasteiger partial charge is 0.497 e. The van der Waals surface area contributed by atoms with Crippen molar-refractivity contribution in [1.82, 2.24) is 25.0 Å². The van der Waals surface area contributed by atoms with Crippen LogP contribution in [0.25, 0.3) is 16.9 Å². The second-order valence-electron chi connectivity index (χ2n) is 7.89. The Kier molecular flexibility index (Phi) is 5.75. The van der Waals surface area contributed by atoms with Crippen molar-refractivity contribution in [2.75, 3.05) is 30.4 Å². The number of anilines is 2. The summed E-state index contributed by atoms with van der Waals surface area (Å²) >= 11 is 0. The molecule has 1 amide bonds. The molecule has 2 N–H and O–H groups in total. The van der Waals surface area contributed by atoms with E-state index in [1.807, 2.05) is 54.6 Å². The van der Waals surface area contributed by atoms with Gasteiger partial charge < -0.3 is 9.64 Å². The van der Waals surface area contributed by atoms with E-state index in [9.17, 15) is 4.79 Å². The van der Waals surface area contributed by atoms with Crippen molar-refractivity contribution < 1.29 is 9.53 Å². The Labute approximate surface area is 191 Å². The van der Waals surface area contributed by atoms with Gasteiger partial charge >= 0.3 is 0 Å². The lowest BCUT2D eigenvalue weighted by Gasteiger charge is -2.24. The van der Waals surface area contributed by atoms with Crippen molar-refractivity contribution in [1.29, 1.82) is 0 Å². The minimum atomic E-state index is -0.315. The van der Waals surface area contributed by atoms with E-state index in [1.54, 1.807) is 18.0 Å². The molecule has 0 aliphatic carbocycles. The van der Waals surface area contributed by atoms with E-state index < -0.39 is 0 Å². The van der Waals surface area contributed by atoms with Crippen LogP contribution in [0.2, 0.25) is 0 Å². The Hall–Kier alpha value is -4.14. The molecule has 1 saturated heterocycles. The molecular weight excluding hydrogens is 418 g/mol. The summed E-state index contributed by atoms with van der Waals surface area (Å²) in [5, 5.41) is 14.7. The third kappa shape index (κ3) is 4.43. The molecule has 3 heterocycles. The van der Waals surface area contributed by atoms with Crippen molar-refractivity contribution in [3.8, 4) is 22.7 Å². The van der Waals surface area contributed by atoms with Crippen LogP contribution in [-0.4, -0.2) is 51.1 Å². The van der Waals surface area contributed by atoms with Gasteiger partial charge in [0.1, 0.15) is 11.4 Å². The summed E-state index contributed by atoms with van der Waals surface area (Å²) in [5.41, 5.74) is 2.66. The van der Waals surface area contributed by atoms with Gasteiger partial charge in [-0.05, 0) is 55.7 Å². The number of amides is 1. The number of para-hydroxylation sites is 1. The van der Waals surface area contributed by atoms with Gasteiger partial charge in [0.25, 0.3) is 5.91 Å². The van der Waals surface area contributed by atoms with Gasteiger partial charge in [0, 0.05) is 24.8 Å². The number of H-pyrrole nitrogens is 1. The first-order chi connectivity index (χ1) is 16.2. The molecule has 33 heavy (non-hydrogen) atoms. The fourth-order valence-corrected chi connectivity index (χ4v) is 3.93. The van der Waals surface area contributed by atoms with Crippen molar-refractivity contribution in [3.05, 3.63) is 66.4 Å². The monoisotopic (exact) mass is 443 g/mol. The normalized spacial score (nSPS) is 13.7. The highest BCUT2D eigenvalue weighted by Crippen LogP contribution is 2.26. The number of ether oxygens (including phenoxy) is 1. The molecular formula is C24H25N7O2. The Morgan fingerprint density at radius 2 is 1.79 bits per heavy atom. The van der Waals surface area contributed by atoms with Crippen LogP contribution in [0.1, 0.15) is 29.6 Å². The van der Waals surface area contributed by atoms with Gasteiger partial charge in [-0.2, -0.15) is 10.1 Å². The number of benzene rings is 2. The van der Waals surface area contributed by atoms with E-state index >= 15 is 0 Å². The number of hydrogen-bond donors (Lipinski definition) is 2. The molecule has 0 saturated carbocycles. The summed E-state index contributed by atoms with van der Waals surface area (Å²) in [6, 6.07) is 17.1. The van der Waals surface area contributed by atoms with Crippen LogP contribution >= 0.6 is 0 Å². The molecule has 2 aromatic carbocycles. The number of hydrogen-bond acceptors (Lipinski definition) is 6. The van der Waals surface area contributed by atoms with Gasteiger partial charge in [-0.15, -0.1) is 5.10 Å². The van der Waals surface area contributed by atoms with E-state index in [1.165, 1.54) is 6.42 Å². The predicted molar refractivity (Wildman–Crippen MR) is 126 cm³/mol. The number of piperidine rings is 1. The van der Waals surface area contributed by atoms with Gasteiger partial charge in [-0.25, -0.2) is 9.78 Å². The van der Waals surface area contributed by atoms with Gasteiger partial charge in [0.2, 0.25) is 11.9 Å². The van der Waals surface area contributed by atoms with Crippen molar-refractivity contribution >= 4 is 17.8 Å². The average Bonchev–Trinajstić information content (AvgIpc) is 3.53. The van der Waals surface area contributed by atoms with E-state index in [-0.39, 0.29) is 5.91 Å². The lowest BCUT2D eigenvalue weighted by molar-refractivity contribution is 0.102. The first-order valence-corrected chi connectivity index (χ1v) is 11.0. The molecule has 5 rings (SSSR count). The fraction of sp³-hybridized carbons (Fsp3) is 0.250. The molecule has 0 spiro atoms. The summed E-state index contributed by atoms with van der Waals surface area (Å²) in [4.78, 5) is 19.9. The first-order valence-electron chi connectivity index (χ1n) is 11.0. The number of nitrogens with zero attached hydrogens (tertiary/aromatic N) is 5. The van der Waals surface area contributed by atoms with Crippen molar-refractivity contribution in [2.24, 2.45) is 0 Å². The first kappa shape index (κ1) is 20.7. The predicted octanol–water partition coefficient (Wildman–Crippen LogP) is 3.91. The standard InChI is InChI=1S/C24H25N7O2/c1-33-19-12-10-17(11-13-19)21-20(16-31(29-21)18-8-4-2-5-9-18)22(32)25-23-26-24(28-27-23)30-14-6-3-7-15-30/h2,4-5,8-13,16H,3,6-7,14-15H2,1H3,(H2,25,26,27,28,32). The van der Waals surface area contributed by atoms with Crippen molar-refractivity contribution in [2.45, 2.75) is 19.3 Å². The van der Waals surface area contributed by atoms with Crippen LogP contribution in [0.3, 0.4) is 0 Å². The molecule has 0 atom stereocenters. The molecule has 1 aliphatic rings. The third-order valence-corrected chi connectivity index (χ3v) is 5.69. The van der Waals surface area contributed by atoms with E-state index in [0.29, 0.717) is 23.2 Å². The maximum Gasteiger partial charge on any atom is 0.261 e. The zero-order valence-electron chi connectivity index (χ0n) is 18.4. The zero-order chi connectivity index (χ0) is 22.6. The third-order valence-electron chi connectivity index (χ3n) is 5.69.